The Labute approximate surface area is 136 Å². The topological polar surface area (TPSA) is 33.1 Å². The van der Waals surface area contributed by atoms with Gasteiger partial charge in [-0.3, -0.25) is 0 Å². The first-order valence-electron chi connectivity index (χ1n) is 6.27. The summed E-state index contributed by atoms with van der Waals surface area (Å²) in [5.74, 6) is 0. The van der Waals surface area contributed by atoms with Crippen LogP contribution in [0.15, 0.2) is 60.8 Å². The lowest BCUT2D eigenvalue weighted by atomic mass is 9.85. The van der Waals surface area contributed by atoms with Crippen LogP contribution in [0.2, 0.25) is 10.0 Å². The minimum absolute atomic E-state index is 0.410. The molecule has 0 aliphatic rings. The van der Waals surface area contributed by atoms with E-state index in [2.05, 4.69) is 4.37 Å². The van der Waals surface area contributed by atoms with Crippen molar-refractivity contribution in [1.82, 2.24) is 4.37 Å². The Bertz CT molecular complexity index is 746. The summed E-state index contributed by atoms with van der Waals surface area (Å²) in [6.07, 6.45) is 1.67. The van der Waals surface area contributed by atoms with Gasteiger partial charge in [0.15, 0.2) is 5.60 Å². The van der Waals surface area contributed by atoms with Crippen LogP contribution in [0.25, 0.3) is 0 Å². The maximum Gasteiger partial charge on any atom is 0.151 e. The molecular weight excluding hydrogens is 325 g/mol. The summed E-state index contributed by atoms with van der Waals surface area (Å²) in [5, 5.41) is 12.3. The molecule has 2 aromatic carbocycles. The highest BCUT2D eigenvalue weighted by Crippen LogP contribution is 2.40. The quantitative estimate of drug-likeness (QED) is 0.750. The van der Waals surface area contributed by atoms with Gasteiger partial charge in [0.25, 0.3) is 0 Å². The highest BCUT2D eigenvalue weighted by molar-refractivity contribution is 7.05. The third-order valence-corrected chi connectivity index (χ3v) is 4.92. The molecule has 1 N–H and O–H groups in total. The number of aliphatic hydroxyl groups is 1. The molecule has 1 heterocycles. The van der Waals surface area contributed by atoms with E-state index in [1.165, 1.54) is 11.5 Å². The van der Waals surface area contributed by atoms with Gasteiger partial charge in [0.05, 0.1) is 14.9 Å². The molecule has 2 nitrogen and oxygen atoms in total. The fraction of sp³-hybridized carbons (Fsp3) is 0.0625. The van der Waals surface area contributed by atoms with E-state index in [0.29, 0.717) is 15.6 Å². The molecule has 0 aliphatic carbocycles. The first-order valence-corrected chi connectivity index (χ1v) is 7.80. The molecule has 0 amide bonds. The van der Waals surface area contributed by atoms with Gasteiger partial charge in [0, 0.05) is 6.20 Å². The van der Waals surface area contributed by atoms with Crippen LogP contribution < -0.4 is 0 Å². The van der Waals surface area contributed by atoms with E-state index in [1.807, 2.05) is 30.3 Å². The van der Waals surface area contributed by atoms with Gasteiger partial charge >= 0.3 is 0 Å². The number of halogens is 2. The van der Waals surface area contributed by atoms with E-state index in [9.17, 15) is 5.11 Å². The molecule has 3 aromatic rings. The van der Waals surface area contributed by atoms with Crippen LogP contribution in [0, 0.1) is 0 Å². The van der Waals surface area contributed by atoms with Gasteiger partial charge in [-0.05, 0) is 40.9 Å². The van der Waals surface area contributed by atoms with Crippen LogP contribution >= 0.6 is 34.7 Å². The molecule has 0 saturated heterocycles. The smallest absolute Gasteiger partial charge is 0.151 e. The first-order chi connectivity index (χ1) is 10.1. The minimum Gasteiger partial charge on any atom is -0.375 e. The fourth-order valence-corrected chi connectivity index (χ4v) is 3.28. The highest BCUT2D eigenvalue weighted by atomic mass is 35.5. The molecule has 1 aromatic heterocycles. The van der Waals surface area contributed by atoms with Crippen LogP contribution in [-0.2, 0) is 5.60 Å². The maximum absolute atomic E-state index is 11.4. The van der Waals surface area contributed by atoms with Crippen molar-refractivity contribution in [3.8, 4) is 0 Å². The first kappa shape index (κ1) is 14.5. The largest absolute Gasteiger partial charge is 0.375 e. The Morgan fingerprint density at radius 3 is 2.29 bits per heavy atom. The molecule has 0 bridgehead atoms. The number of nitrogens with zero attached hydrogens (tertiary/aromatic N) is 1. The van der Waals surface area contributed by atoms with E-state index in [0.717, 1.165) is 10.4 Å². The monoisotopic (exact) mass is 335 g/mol. The van der Waals surface area contributed by atoms with Crippen LogP contribution in [0.4, 0.5) is 0 Å². The summed E-state index contributed by atoms with van der Waals surface area (Å²) in [5.41, 5.74) is 0.122. The Kier molecular flexibility index (Phi) is 4.00. The Balaban J connectivity index is 2.24. The molecule has 0 radical (unpaired) electrons. The van der Waals surface area contributed by atoms with Crippen LogP contribution in [0.3, 0.4) is 0 Å². The molecule has 21 heavy (non-hydrogen) atoms. The zero-order chi connectivity index (χ0) is 14.9. The van der Waals surface area contributed by atoms with Gasteiger partial charge in [-0.25, -0.2) is 4.37 Å². The van der Waals surface area contributed by atoms with E-state index >= 15 is 0 Å². The summed E-state index contributed by atoms with van der Waals surface area (Å²) in [6, 6.07) is 16.4. The zero-order valence-electron chi connectivity index (χ0n) is 10.8. The standard InChI is InChI=1S/C16H11Cl2NOS/c17-13-7-6-12(10-14(13)18)16(20,15-8-9-19-21-15)11-4-2-1-3-5-11/h1-10,20H. The lowest BCUT2D eigenvalue weighted by molar-refractivity contribution is 0.129. The maximum atomic E-state index is 11.4. The predicted molar refractivity (Wildman–Crippen MR) is 87.1 cm³/mol. The highest BCUT2D eigenvalue weighted by Gasteiger charge is 2.35. The van der Waals surface area contributed by atoms with Crippen molar-refractivity contribution < 1.29 is 5.11 Å². The number of benzene rings is 2. The van der Waals surface area contributed by atoms with Crippen molar-refractivity contribution in [2.75, 3.05) is 0 Å². The molecule has 106 valence electrons. The van der Waals surface area contributed by atoms with Crippen molar-refractivity contribution in [2.24, 2.45) is 0 Å². The molecule has 0 aliphatic heterocycles. The minimum atomic E-state index is -1.29. The molecule has 5 heteroatoms. The molecule has 1 unspecified atom stereocenters. The number of rotatable bonds is 3. The van der Waals surface area contributed by atoms with Crippen LogP contribution in [0.5, 0.6) is 0 Å². The van der Waals surface area contributed by atoms with Crippen molar-refractivity contribution in [2.45, 2.75) is 5.60 Å². The number of aromatic nitrogens is 1. The summed E-state index contributed by atoms with van der Waals surface area (Å²) < 4.78 is 4.10. The van der Waals surface area contributed by atoms with Crippen molar-refractivity contribution >= 4 is 34.7 Å². The summed E-state index contributed by atoms with van der Waals surface area (Å²) in [4.78, 5) is 0.729. The summed E-state index contributed by atoms with van der Waals surface area (Å²) in [6.45, 7) is 0. The van der Waals surface area contributed by atoms with E-state index in [4.69, 9.17) is 23.2 Å². The second kappa shape index (κ2) is 5.78. The van der Waals surface area contributed by atoms with Crippen LogP contribution in [-0.4, -0.2) is 9.48 Å². The zero-order valence-corrected chi connectivity index (χ0v) is 13.2. The van der Waals surface area contributed by atoms with E-state index in [1.54, 1.807) is 30.5 Å². The molecule has 0 fully saturated rings. The lowest BCUT2D eigenvalue weighted by Gasteiger charge is -2.28. The third kappa shape index (κ3) is 2.58. The Hall–Kier alpha value is -1.39. The second-order valence-corrected chi connectivity index (χ2v) is 6.23. The SMILES string of the molecule is OC(c1ccccc1)(c1ccc(Cl)c(Cl)c1)c1ccns1. The summed E-state index contributed by atoms with van der Waals surface area (Å²) >= 11 is 13.3. The van der Waals surface area contributed by atoms with E-state index < -0.39 is 5.60 Å². The second-order valence-electron chi connectivity index (χ2n) is 4.58. The average Bonchev–Trinajstić information content (AvgIpc) is 3.05. The molecule has 3 rings (SSSR count). The Morgan fingerprint density at radius 1 is 0.905 bits per heavy atom. The van der Waals surface area contributed by atoms with Gasteiger partial charge in [-0.2, -0.15) is 0 Å². The molecule has 0 saturated carbocycles. The third-order valence-electron chi connectivity index (χ3n) is 3.32. The number of hydrogen-bond donors (Lipinski definition) is 1. The predicted octanol–water partition coefficient (Wildman–Crippen LogP) is 4.73. The molecule has 0 spiro atoms. The number of hydrogen-bond acceptors (Lipinski definition) is 3. The average molecular weight is 336 g/mol. The van der Waals surface area contributed by atoms with Crippen molar-refractivity contribution in [3.63, 3.8) is 0 Å². The van der Waals surface area contributed by atoms with Gasteiger partial charge in [0.1, 0.15) is 0 Å². The van der Waals surface area contributed by atoms with Crippen molar-refractivity contribution in [3.05, 3.63) is 86.8 Å². The van der Waals surface area contributed by atoms with E-state index in [-0.39, 0.29) is 0 Å². The summed E-state index contributed by atoms with van der Waals surface area (Å²) in [7, 11) is 0. The fourth-order valence-electron chi connectivity index (χ4n) is 2.25. The van der Waals surface area contributed by atoms with Gasteiger partial charge in [-0.15, -0.1) is 0 Å². The van der Waals surface area contributed by atoms with Crippen molar-refractivity contribution in [1.29, 1.82) is 0 Å². The lowest BCUT2D eigenvalue weighted by Crippen LogP contribution is -2.27. The van der Waals surface area contributed by atoms with Gasteiger partial charge < -0.3 is 5.11 Å². The van der Waals surface area contributed by atoms with Crippen LogP contribution in [0.1, 0.15) is 16.0 Å². The molecular formula is C16H11Cl2NOS. The van der Waals surface area contributed by atoms with Gasteiger partial charge in [0.2, 0.25) is 0 Å². The Morgan fingerprint density at radius 2 is 1.67 bits per heavy atom. The molecule has 1 atom stereocenters. The van der Waals surface area contributed by atoms with Gasteiger partial charge in [-0.1, -0.05) is 59.6 Å². The normalized spacial score (nSPS) is 13.9.